The van der Waals surface area contributed by atoms with Crippen LogP contribution in [0.15, 0.2) is 12.7 Å². The van der Waals surface area contributed by atoms with Gasteiger partial charge in [0.2, 0.25) is 0 Å². The van der Waals surface area contributed by atoms with Crippen LogP contribution in [0.5, 0.6) is 0 Å². The molecule has 0 aliphatic heterocycles. The largest absolute Gasteiger partial charge is 0.103 e. The van der Waals surface area contributed by atoms with Gasteiger partial charge in [-0.1, -0.05) is 60.5 Å². The number of hydrogen-bond donors (Lipinski definition) is 0. The molecular formula is C19H36. The van der Waals surface area contributed by atoms with E-state index in [1.54, 1.807) is 0 Å². The number of allylic oxidation sites excluding steroid dienone is 1. The summed E-state index contributed by atoms with van der Waals surface area (Å²) in [6.45, 7) is 18.4. The van der Waals surface area contributed by atoms with E-state index in [9.17, 15) is 0 Å². The molecule has 0 aromatic carbocycles. The molecule has 0 N–H and O–H groups in total. The van der Waals surface area contributed by atoms with Crippen molar-refractivity contribution < 1.29 is 0 Å². The van der Waals surface area contributed by atoms with Crippen LogP contribution < -0.4 is 0 Å². The Bertz CT molecular complexity index is 278. The summed E-state index contributed by atoms with van der Waals surface area (Å²) in [7, 11) is 0. The first-order chi connectivity index (χ1) is 8.86. The van der Waals surface area contributed by atoms with Crippen LogP contribution in [-0.4, -0.2) is 0 Å². The van der Waals surface area contributed by atoms with Gasteiger partial charge in [-0.15, -0.1) is 6.58 Å². The van der Waals surface area contributed by atoms with Gasteiger partial charge in [0.15, 0.2) is 0 Å². The van der Waals surface area contributed by atoms with Crippen molar-refractivity contribution in [1.29, 1.82) is 0 Å². The molecule has 0 nitrogen and oxygen atoms in total. The molecule has 0 heterocycles. The van der Waals surface area contributed by atoms with Crippen molar-refractivity contribution in [2.24, 2.45) is 35.0 Å². The fourth-order valence-electron chi connectivity index (χ4n) is 4.15. The molecule has 1 aliphatic carbocycles. The molecule has 0 spiro atoms. The Morgan fingerprint density at radius 1 is 1.16 bits per heavy atom. The maximum atomic E-state index is 3.94. The summed E-state index contributed by atoms with van der Waals surface area (Å²) in [5.41, 5.74) is 0.583. The van der Waals surface area contributed by atoms with E-state index in [0.717, 1.165) is 29.6 Å². The van der Waals surface area contributed by atoms with Crippen LogP contribution in [0.4, 0.5) is 0 Å². The van der Waals surface area contributed by atoms with E-state index in [-0.39, 0.29) is 0 Å². The van der Waals surface area contributed by atoms with Gasteiger partial charge in [-0.05, 0) is 54.3 Å². The quantitative estimate of drug-likeness (QED) is 0.427. The molecular weight excluding hydrogens is 228 g/mol. The maximum Gasteiger partial charge on any atom is -0.0229 e. The third kappa shape index (κ3) is 4.10. The third-order valence-corrected chi connectivity index (χ3v) is 5.98. The molecule has 0 heteroatoms. The first-order valence-corrected chi connectivity index (χ1v) is 8.47. The Hall–Kier alpha value is -0.260. The van der Waals surface area contributed by atoms with Gasteiger partial charge in [-0.25, -0.2) is 0 Å². The average molecular weight is 264 g/mol. The van der Waals surface area contributed by atoms with Gasteiger partial charge in [0.05, 0.1) is 0 Å². The van der Waals surface area contributed by atoms with Crippen molar-refractivity contribution in [1.82, 2.24) is 0 Å². The highest BCUT2D eigenvalue weighted by Crippen LogP contribution is 2.64. The minimum Gasteiger partial charge on any atom is -0.103 e. The lowest BCUT2D eigenvalue weighted by Crippen LogP contribution is -2.09. The van der Waals surface area contributed by atoms with Crippen LogP contribution >= 0.6 is 0 Å². The van der Waals surface area contributed by atoms with Crippen LogP contribution in [0.3, 0.4) is 0 Å². The van der Waals surface area contributed by atoms with Gasteiger partial charge in [-0.3, -0.25) is 0 Å². The molecule has 1 saturated carbocycles. The van der Waals surface area contributed by atoms with E-state index in [2.05, 4.69) is 54.2 Å². The fraction of sp³-hybridized carbons (Fsp3) is 0.895. The summed E-state index contributed by atoms with van der Waals surface area (Å²) in [6, 6.07) is 0. The second kappa shape index (κ2) is 6.95. The summed E-state index contributed by atoms with van der Waals surface area (Å²) in [5, 5.41) is 0. The second-order valence-electron chi connectivity index (χ2n) is 7.76. The van der Waals surface area contributed by atoms with Crippen molar-refractivity contribution in [3.8, 4) is 0 Å². The van der Waals surface area contributed by atoms with Gasteiger partial charge in [-0.2, -0.15) is 0 Å². The van der Waals surface area contributed by atoms with E-state index < -0.39 is 0 Å². The number of hydrogen-bond acceptors (Lipinski definition) is 0. The molecule has 5 atom stereocenters. The molecule has 0 bridgehead atoms. The third-order valence-electron chi connectivity index (χ3n) is 5.98. The van der Waals surface area contributed by atoms with Crippen LogP contribution in [-0.2, 0) is 0 Å². The lowest BCUT2D eigenvalue weighted by atomic mass is 9.86. The van der Waals surface area contributed by atoms with Crippen LogP contribution in [0.2, 0.25) is 0 Å². The smallest absolute Gasteiger partial charge is 0.0229 e. The van der Waals surface area contributed by atoms with Crippen molar-refractivity contribution in [3.63, 3.8) is 0 Å². The Morgan fingerprint density at radius 2 is 1.79 bits per heavy atom. The monoisotopic (exact) mass is 264 g/mol. The summed E-state index contributed by atoms with van der Waals surface area (Å²) in [4.78, 5) is 0. The molecule has 1 rings (SSSR count). The Balaban J connectivity index is 2.35. The van der Waals surface area contributed by atoms with Crippen LogP contribution in [0.1, 0.15) is 73.6 Å². The summed E-state index contributed by atoms with van der Waals surface area (Å²) < 4.78 is 0. The highest BCUT2D eigenvalue weighted by Gasteiger charge is 2.57. The molecule has 0 radical (unpaired) electrons. The topological polar surface area (TPSA) is 0 Å². The molecule has 1 aliphatic rings. The van der Waals surface area contributed by atoms with Crippen LogP contribution in [0.25, 0.3) is 0 Å². The Morgan fingerprint density at radius 3 is 2.26 bits per heavy atom. The van der Waals surface area contributed by atoms with Crippen molar-refractivity contribution in [2.75, 3.05) is 0 Å². The van der Waals surface area contributed by atoms with E-state index >= 15 is 0 Å². The predicted molar refractivity (Wildman–Crippen MR) is 87.2 cm³/mol. The lowest BCUT2D eigenvalue weighted by Gasteiger charge is -2.20. The van der Waals surface area contributed by atoms with Gasteiger partial charge in [0.1, 0.15) is 0 Å². The highest BCUT2D eigenvalue weighted by molar-refractivity contribution is 5.09. The first-order valence-electron chi connectivity index (χ1n) is 8.47. The molecule has 5 unspecified atom stereocenters. The minimum absolute atomic E-state index is 0.583. The van der Waals surface area contributed by atoms with Crippen molar-refractivity contribution >= 4 is 0 Å². The first kappa shape index (κ1) is 16.8. The van der Waals surface area contributed by atoms with E-state index in [1.165, 1.54) is 32.1 Å². The summed E-state index contributed by atoms with van der Waals surface area (Å²) in [5.74, 6) is 4.52. The minimum atomic E-state index is 0.583. The van der Waals surface area contributed by atoms with Crippen molar-refractivity contribution in [3.05, 3.63) is 12.7 Å². The van der Waals surface area contributed by atoms with E-state index in [0.29, 0.717) is 5.41 Å². The summed E-state index contributed by atoms with van der Waals surface area (Å²) >= 11 is 0. The zero-order valence-electron chi connectivity index (χ0n) is 14.2. The molecule has 19 heavy (non-hydrogen) atoms. The molecule has 1 fully saturated rings. The van der Waals surface area contributed by atoms with Crippen molar-refractivity contribution in [2.45, 2.75) is 73.6 Å². The standard InChI is InChI=1S/C19H36/c1-8-12-19(7)17(9-2)18(19)11-10-15(5)13-16(6)14(3)4/h8,14-18H,1,9-13H2,2-7H3. The summed E-state index contributed by atoms with van der Waals surface area (Å²) in [6.07, 6.45) is 8.96. The zero-order valence-corrected chi connectivity index (χ0v) is 14.2. The number of rotatable bonds is 9. The molecule has 0 amide bonds. The van der Waals surface area contributed by atoms with E-state index in [1.807, 2.05) is 0 Å². The maximum absolute atomic E-state index is 3.94. The van der Waals surface area contributed by atoms with E-state index in [4.69, 9.17) is 0 Å². The molecule has 112 valence electrons. The highest BCUT2D eigenvalue weighted by atomic mass is 14.6. The normalized spacial score (nSPS) is 33.2. The SMILES string of the molecule is C=CCC1(C)C(CC)C1CCC(C)CC(C)C(C)C. The molecule has 0 aromatic heterocycles. The average Bonchev–Trinajstić information content (AvgIpc) is 2.90. The Labute approximate surface area is 122 Å². The van der Waals surface area contributed by atoms with Gasteiger partial charge in [0.25, 0.3) is 0 Å². The lowest BCUT2D eigenvalue weighted by molar-refractivity contribution is 0.309. The predicted octanol–water partition coefficient (Wildman–Crippen LogP) is 6.32. The van der Waals surface area contributed by atoms with Gasteiger partial charge in [0, 0.05) is 0 Å². The zero-order chi connectivity index (χ0) is 14.6. The fourth-order valence-corrected chi connectivity index (χ4v) is 4.15. The second-order valence-corrected chi connectivity index (χ2v) is 7.76. The Kier molecular flexibility index (Phi) is 6.15. The molecule has 0 aromatic rings. The van der Waals surface area contributed by atoms with Crippen LogP contribution in [0, 0.1) is 35.0 Å². The van der Waals surface area contributed by atoms with Gasteiger partial charge < -0.3 is 0 Å². The van der Waals surface area contributed by atoms with Gasteiger partial charge >= 0.3 is 0 Å². The molecule has 0 saturated heterocycles.